The van der Waals surface area contributed by atoms with Crippen LogP contribution in [0.5, 0.6) is 0 Å². The van der Waals surface area contributed by atoms with Gasteiger partial charge in [-0.1, -0.05) is 6.92 Å². The third kappa shape index (κ3) is 4.42. The molecule has 2 rings (SSSR count). The Hall–Kier alpha value is -1.20. The summed E-state index contributed by atoms with van der Waals surface area (Å²) in [6.45, 7) is 10.7. The van der Waals surface area contributed by atoms with E-state index in [9.17, 15) is 0 Å². The Kier molecular flexibility index (Phi) is 5.73. The van der Waals surface area contributed by atoms with Crippen molar-refractivity contribution in [2.24, 2.45) is 0 Å². The standard InChI is InChI=1S/C15H27N5/c1-4-20-7-5-6-14(20)11-16-8-13-9-17-15(18-10-13)19-12(2)3/h9-10,12,14,16H,4-8,11H2,1-3H3,(H,17,18,19)/t14-/m1/s1. The molecule has 5 nitrogen and oxygen atoms in total. The molecule has 112 valence electrons. The van der Waals surface area contributed by atoms with Gasteiger partial charge in [0.15, 0.2) is 0 Å². The number of hydrogen-bond acceptors (Lipinski definition) is 5. The topological polar surface area (TPSA) is 53.1 Å². The van der Waals surface area contributed by atoms with Crippen LogP contribution in [0.2, 0.25) is 0 Å². The van der Waals surface area contributed by atoms with Gasteiger partial charge in [0.25, 0.3) is 0 Å². The number of aromatic nitrogens is 2. The van der Waals surface area contributed by atoms with Crippen molar-refractivity contribution < 1.29 is 0 Å². The number of anilines is 1. The van der Waals surface area contributed by atoms with Crippen molar-refractivity contribution in [2.45, 2.75) is 52.2 Å². The Labute approximate surface area is 122 Å². The fourth-order valence-electron chi connectivity index (χ4n) is 2.70. The molecule has 0 amide bonds. The van der Waals surface area contributed by atoms with Crippen molar-refractivity contribution in [1.82, 2.24) is 20.2 Å². The number of likely N-dealkylation sites (N-methyl/N-ethyl adjacent to an activating group) is 1. The van der Waals surface area contributed by atoms with Gasteiger partial charge in [-0.05, 0) is 39.8 Å². The smallest absolute Gasteiger partial charge is 0.222 e. The highest BCUT2D eigenvalue weighted by Gasteiger charge is 2.21. The van der Waals surface area contributed by atoms with Crippen LogP contribution < -0.4 is 10.6 Å². The minimum Gasteiger partial charge on any atom is -0.352 e. The molecule has 1 aromatic heterocycles. The molecule has 0 saturated carbocycles. The van der Waals surface area contributed by atoms with Crippen LogP contribution in [0.15, 0.2) is 12.4 Å². The molecule has 1 aromatic rings. The van der Waals surface area contributed by atoms with Crippen LogP contribution in [-0.4, -0.2) is 46.6 Å². The highest BCUT2D eigenvalue weighted by molar-refractivity contribution is 5.25. The predicted molar refractivity (Wildman–Crippen MR) is 82.8 cm³/mol. The van der Waals surface area contributed by atoms with Crippen molar-refractivity contribution in [3.8, 4) is 0 Å². The Morgan fingerprint density at radius 3 is 2.75 bits per heavy atom. The Bertz CT molecular complexity index is 390. The molecule has 5 heteroatoms. The second-order valence-electron chi connectivity index (χ2n) is 5.77. The highest BCUT2D eigenvalue weighted by Crippen LogP contribution is 2.15. The van der Waals surface area contributed by atoms with Crippen molar-refractivity contribution in [3.63, 3.8) is 0 Å². The van der Waals surface area contributed by atoms with Gasteiger partial charge in [0.1, 0.15) is 0 Å². The first-order valence-electron chi connectivity index (χ1n) is 7.71. The molecular weight excluding hydrogens is 250 g/mol. The molecular formula is C15H27N5. The zero-order valence-electron chi connectivity index (χ0n) is 12.9. The van der Waals surface area contributed by atoms with Gasteiger partial charge in [0.05, 0.1) is 0 Å². The lowest BCUT2D eigenvalue weighted by Crippen LogP contribution is -2.37. The molecule has 1 aliphatic heterocycles. The lowest BCUT2D eigenvalue weighted by atomic mass is 10.2. The average molecular weight is 277 g/mol. The van der Waals surface area contributed by atoms with Crippen LogP contribution in [0.1, 0.15) is 39.2 Å². The molecule has 0 aliphatic carbocycles. The minimum absolute atomic E-state index is 0.362. The van der Waals surface area contributed by atoms with Gasteiger partial charge >= 0.3 is 0 Å². The lowest BCUT2D eigenvalue weighted by molar-refractivity contribution is 0.260. The monoisotopic (exact) mass is 277 g/mol. The summed E-state index contributed by atoms with van der Waals surface area (Å²) in [5.74, 6) is 0.705. The quantitative estimate of drug-likeness (QED) is 0.797. The maximum atomic E-state index is 4.33. The first kappa shape index (κ1) is 15.2. The van der Waals surface area contributed by atoms with Gasteiger partial charge < -0.3 is 10.6 Å². The van der Waals surface area contributed by atoms with Crippen LogP contribution >= 0.6 is 0 Å². The molecule has 0 aromatic carbocycles. The molecule has 0 bridgehead atoms. The van der Waals surface area contributed by atoms with Crippen molar-refractivity contribution >= 4 is 5.95 Å². The second-order valence-corrected chi connectivity index (χ2v) is 5.77. The van der Waals surface area contributed by atoms with E-state index in [-0.39, 0.29) is 0 Å². The number of likely N-dealkylation sites (tertiary alicyclic amines) is 1. The van der Waals surface area contributed by atoms with Gasteiger partial charge in [-0.15, -0.1) is 0 Å². The summed E-state index contributed by atoms with van der Waals surface area (Å²) in [5, 5.41) is 6.72. The minimum atomic E-state index is 0.362. The van der Waals surface area contributed by atoms with Crippen LogP contribution in [-0.2, 0) is 6.54 Å². The van der Waals surface area contributed by atoms with Gasteiger partial charge in [-0.2, -0.15) is 0 Å². The lowest BCUT2D eigenvalue weighted by Gasteiger charge is -2.22. The maximum absolute atomic E-state index is 4.33. The van der Waals surface area contributed by atoms with E-state index in [0.29, 0.717) is 18.0 Å². The van der Waals surface area contributed by atoms with E-state index in [4.69, 9.17) is 0 Å². The van der Waals surface area contributed by atoms with E-state index in [0.717, 1.165) is 25.2 Å². The van der Waals surface area contributed by atoms with E-state index in [2.05, 4.69) is 46.3 Å². The fraction of sp³-hybridized carbons (Fsp3) is 0.733. The Morgan fingerprint density at radius 2 is 2.10 bits per heavy atom. The number of nitrogens with one attached hydrogen (secondary N) is 2. The zero-order valence-corrected chi connectivity index (χ0v) is 12.9. The average Bonchev–Trinajstić information content (AvgIpc) is 2.87. The van der Waals surface area contributed by atoms with Crippen molar-refractivity contribution in [3.05, 3.63) is 18.0 Å². The van der Waals surface area contributed by atoms with Crippen LogP contribution in [0.25, 0.3) is 0 Å². The van der Waals surface area contributed by atoms with E-state index >= 15 is 0 Å². The highest BCUT2D eigenvalue weighted by atomic mass is 15.2. The summed E-state index contributed by atoms with van der Waals surface area (Å²) in [4.78, 5) is 11.2. The number of rotatable bonds is 7. The van der Waals surface area contributed by atoms with Crippen LogP contribution in [0.3, 0.4) is 0 Å². The molecule has 1 saturated heterocycles. The molecule has 1 atom stereocenters. The van der Waals surface area contributed by atoms with Gasteiger partial charge in [-0.3, -0.25) is 4.90 Å². The van der Waals surface area contributed by atoms with E-state index in [1.165, 1.54) is 19.4 Å². The Morgan fingerprint density at radius 1 is 1.35 bits per heavy atom. The van der Waals surface area contributed by atoms with Gasteiger partial charge in [0.2, 0.25) is 5.95 Å². The Balaban J connectivity index is 1.74. The predicted octanol–water partition coefficient (Wildman–Crippen LogP) is 1.87. The van der Waals surface area contributed by atoms with Gasteiger partial charge in [-0.25, -0.2) is 9.97 Å². The molecule has 0 spiro atoms. The molecule has 0 radical (unpaired) electrons. The SMILES string of the molecule is CCN1CCC[C@@H]1CNCc1cnc(NC(C)C)nc1. The first-order valence-corrected chi connectivity index (χ1v) is 7.71. The number of nitrogens with zero attached hydrogens (tertiary/aromatic N) is 3. The molecule has 1 fully saturated rings. The third-order valence-electron chi connectivity index (χ3n) is 3.74. The molecule has 2 heterocycles. The molecule has 1 aliphatic rings. The first-order chi connectivity index (χ1) is 9.69. The molecule has 2 N–H and O–H groups in total. The van der Waals surface area contributed by atoms with Crippen molar-refractivity contribution in [1.29, 1.82) is 0 Å². The van der Waals surface area contributed by atoms with Crippen LogP contribution in [0, 0.1) is 0 Å². The maximum Gasteiger partial charge on any atom is 0.222 e. The zero-order chi connectivity index (χ0) is 14.4. The van der Waals surface area contributed by atoms with Crippen LogP contribution in [0.4, 0.5) is 5.95 Å². The summed E-state index contributed by atoms with van der Waals surface area (Å²) < 4.78 is 0. The molecule has 20 heavy (non-hydrogen) atoms. The summed E-state index contributed by atoms with van der Waals surface area (Å²) in [7, 11) is 0. The fourth-order valence-corrected chi connectivity index (χ4v) is 2.70. The summed E-state index contributed by atoms with van der Waals surface area (Å²) >= 11 is 0. The molecule has 0 unspecified atom stereocenters. The van der Waals surface area contributed by atoms with E-state index in [1.54, 1.807) is 0 Å². The van der Waals surface area contributed by atoms with E-state index < -0.39 is 0 Å². The largest absolute Gasteiger partial charge is 0.352 e. The van der Waals surface area contributed by atoms with Crippen molar-refractivity contribution in [2.75, 3.05) is 25.0 Å². The van der Waals surface area contributed by atoms with E-state index in [1.807, 2.05) is 12.4 Å². The number of hydrogen-bond donors (Lipinski definition) is 2. The second kappa shape index (κ2) is 7.55. The summed E-state index contributed by atoms with van der Waals surface area (Å²) in [6.07, 6.45) is 6.45. The summed E-state index contributed by atoms with van der Waals surface area (Å²) in [5.41, 5.74) is 1.14. The third-order valence-corrected chi connectivity index (χ3v) is 3.74. The normalized spacial score (nSPS) is 19.7. The summed E-state index contributed by atoms with van der Waals surface area (Å²) in [6, 6.07) is 1.06. The van der Waals surface area contributed by atoms with Gasteiger partial charge in [0, 0.05) is 43.1 Å².